The van der Waals surface area contributed by atoms with E-state index in [1.54, 1.807) is 23.7 Å². The van der Waals surface area contributed by atoms with Gasteiger partial charge in [-0.3, -0.25) is 24.8 Å². The molecule has 8 nitrogen and oxygen atoms in total. The highest BCUT2D eigenvalue weighted by atomic mass is 32.1. The van der Waals surface area contributed by atoms with Crippen molar-refractivity contribution in [2.45, 2.75) is 0 Å². The Morgan fingerprint density at radius 3 is 2.30 bits per heavy atom. The van der Waals surface area contributed by atoms with E-state index in [0.29, 0.717) is 22.1 Å². The molecule has 0 saturated carbocycles. The molecule has 11 heteroatoms. The van der Waals surface area contributed by atoms with Gasteiger partial charge in [0.2, 0.25) is 5.76 Å². The van der Waals surface area contributed by atoms with Crippen molar-refractivity contribution in [3.8, 4) is 22.6 Å². The normalized spacial score (nSPS) is 10.8. The zero-order valence-corrected chi connectivity index (χ0v) is 20.0. The Labute approximate surface area is 213 Å². The molecule has 0 aliphatic carbocycles. The number of amides is 2. The van der Waals surface area contributed by atoms with Crippen molar-refractivity contribution in [1.82, 2.24) is 15.0 Å². The summed E-state index contributed by atoms with van der Waals surface area (Å²) >= 11 is 1.20. The first kappa shape index (κ1) is 23.9. The van der Waals surface area contributed by atoms with Gasteiger partial charge in [-0.15, -0.1) is 11.3 Å². The number of rotatable bonds is 6. The highest BCUT2D eigenvalue weighted by Crippen LogP contribution is 2.30. The van der Waals surface area contributed by atoms with Gasteiger partial charge in [-0.2, -0.15) is 4.98 Å². The van der Waals surface area contributed by atoms with Crippen LogP contribution in [0.1, 0.15) is 20.9 Å². The number of nitrogens with one attached hydrogen (secondary N) is 1. The van der Waals surface area contributed by atoms with Gasteiger partial charge >= 0.3 is 6.01 Å². The van der Waals surface area contributed by atoms with Gasteiger partial charge in [0.1, 0.15) is 23.0 Å². The average Bonchev–Trinajstić information content (AvgIpc) is 3.57. The standard InChI is InChI=1S/C26H17F2N5O3S/c1-33(24(35)16-7-11-18(28)12-8-16)26-31-21(15-5-9-17(27)10-6-15)22(36-26)23(34)32-25-30-20(14-37-25)19-4-2-3-13-29-19/h2-14H,1H3,(H,30,32,34). The van der Waals surface area contributed by atoms with E-state index in [9.17, 15) is 18.4 Å². The van der Waals surface area contributed by atoms with Crippen LogP contribution in [-0.2, 0) is 0 Å². The Kier molecular flexibility index (Phi) is 6.52. The minimum atomic E-state index is -0.664. The number of hydrogen-bond acceptors (Lipinski definition) is 7. The third kappa shape index (κ3) is 5.11. The fourth-order valence-electron chi connectivity index (χ4n) is 3.40. The molecule has 3 heterocycles. The summed E-state index contributed by atoms with van der Waals surface area (Å²) < 4.78 is 32.5. The summed E-state index contributed by atoms with van der Waals surface area (Å²) in [5.41, 5.74) is 1.93. The van der Waals surface area contributed by atoms with Gasteiger partial charge in [-0.05, 0) is 60.7 Å². The number of anilines is 2. The SMILES string of the molecule is CN(C(=O)c1ccc(F)cc1)c1nc(-c2ccc(F)cc2)c(C(=O)Nc2nc(-c3ccccn3)cs2)o1. The quantitative estimate of drug-likeness (QED) is 0.312. The number of halogens is 2. The first-order chi connectivity index (χ1) is 17.9. The lowest BCUT2D eigenvalue weighted by molar-refractivity contribution is 0.0972. The molecule has 0 aliphatic rings. The van der Waals surface area contributed by atoms with Crippen molar-refractivity contribution < 1.29 is 22.8 Å². The van der Waals surface area contributed by atoms with E-state index in [1.165, 1.54) is 54.8 Å². The minimum absolute atomic E-state index is 0.104. The second-order valence-corrected chi connectivity index (χ2v) is 8.62. The molecule has 37 heavy (non-hydrogen) atoms. The van der Waals surface area contributed by atoms with E-state index in [4.69, 9.17) is 4.42 Å². The maximum Gasteiger partial charge on any atom is 0.305 e. The minimum Gasteiger partial charge on any atom is -0.417 e. The van der Waals surface area contributed by atoms with Gasteiger partial charge < -0.3 is 4.42 Å². The molecule has 0 unspecified atom stereocenters. The predicted octanol–water partition coefficient (Wildman–Crippen LogP) is 5.67. The molecule has 0 fully saturated rings. The van der Waals surface area contributed by atoms with E-state index in [-0.39, 0.29) is 23.0 Å². The largest absolute Gasteiger partial charge is 0.417 e. The van der Waals surface area contributed by atoms with Gasteiger partial charge in [0.15, 0.2) is 5.13 Å². The van der Waals surface area contributed by atoms with Gasteiger partial charge in [-0.1, -0.05) is 6.07 Å². The molecule has 0 aliphatic heterocycles. The Hall–Kier alpha value is -4.77. The molecule has 2 aromatic carbocycles. The summed E-state index contributed by atoms with van der Waals surface area (Å²) in [6.45, 7) is 0. The Balaban J connectivity index is 1.46. The average molecular weight is 518 g/mol. The number of aromatic nitrogens is 3. The molecule has 5 aromatic rings. The summed E-state index contributed by atoms with van der Waals surface area (Å²) in [7, 11) is 1.41. The van der Waals surface area contributed by atoms with E-state index >= 15 is 0 Å². The molecule has 0 spiro atoms. The lowest BCUT2D eigenvalue weighted by Crippen LogP contribution is -2.26. The van der Waals surface area contributed by atoms with E-state index < -0.39 is 23.4 Å². The molecule has 3 aromatic heterocycles. The monoisotopic (exact) mass is 517 g/mol. The van der Waals surface area contributed by atoms with Crippen LogP contribution in [0.3, 0.4) is 0 Å². The predicted molar refractivity (Wildman–Crippen MR) is 134 cm³/mol. The molecular formula is C26H17F2N5O3S. The highest BCUT2D eigenvalue weighted by molar-refractivity contribution is 7.14. The van der Waals surface area contributed by atoms with Crippen molar-refractivity contribution in [2.24, 2.45) is 0 Å². The van der Waals surface area contributed by atoms with Gasteiger partial charge in [-0.25, -0.2) is 13.8 Å². The third-order valence-electron chi connectivity index (χ3n) is 5.27. The number of carbonyl (C=O) groups is 2. The van der Waals surface area contributed by atoms with Crippen molar-refractivity contribution >= 4 is 34.3 Å². The molecule has 0 atom stereocenters. The highest BCUT2D eigenvalue weighted by Gasteiger charge is 2.27. The fourth-order valence-corrected chi connectivity index (χ4v) is 4.10. The molecular weight excluding hydrogens is 500 g/mol. The molecule has 0 bridgehead atoms. The summed E-state index contributed by atoms with van der Waals surface area (Å²) in [6.07, 6.45) is 1.64. The van der Waals surface area contributed by atoms with Crippen LogP contribution in [0.5, 0.6) is 0 Å². The zero-order valence-electron chi connectivity index (χ0n) is 19.2. The smallest absolute Gasteiger partial charge is 0.305 e. The number of nitrogens with zero attached hydrogens (tertiary/aromatic N) is 4. The lowest BCUT2D eigenvalue weighted by atomic mass is 10.1. The van der Waals surface area contributed by atoms with E-state index in [1.807, 2.05) is 6.07 Å². The van der Waals surface area contributed by atoms with Crippen LogP contribution in [-0.4, -0.2) is 33.8 Å². The van der Waals surface area contributed by atoms with Crippen LogP contribution in [0.2, 0.25) is 0 Å². The summed E-state index contributed by atoms with van der Waals surface area (Å²) in [6, 6.07) is 15.5. The van der Waals surface area contributed by atoms with Crippen molar-refractivity contribution in [3.05, 3.63) is 101 Å². The first-order valence-electron chi connectivity index (χ1n) is 10.9. The maximum atomic E-state index is 13.5. The van der Waals surface area contributed by atoms with Crippen LogP contribution in [0, 0.1) is 11.6 Å². The van der Waals surface area contributed by atoms with Crippen LogP contribution in [0.15, 0.2) is 82.7 Å². The molecule has 0 radical (unpaired) electrons. The van der Waals surface area contributed by atoms with Crippen molar-refractivity contribution in [3.63, 3.8) is 0 Å². The number of carbonyl (C=O) groups excluding carboxylic acids is 2. The Bertz CT molecular complexity index is 1570. The number of hydrogen-bond donors (Lipinski definition) is 1. The molecule has 184 valence electrons. The lowest BCUT2D eigenvalue weighted by Gasteiger charge is -2.12. The maximum absolute atomic E-state index is 13.5. The second kappa shape index (κ2) is 10.1. The summed E-state index contributed by atoms with van der Waals surface area (Å²) in [4.78, 5) is 40.2. The molecule has 2 amide bonds. The molecule has 1 N–H and O–H groups in total. The summed E-state index contributed by atoms with van der Waals surface area (Å²) in [5.74, 6) is -2.34. The first-order valence-corrected chi connectivity index (χ1v) is 11.8. The zero-order chi connectivity index (χ0) is 25.9. The molecule has 0 saturated heterocycles. The topological polar surface area (TPSA) is 101 Å². The Morgan fingerprint density at radius 1 is 0.919 bits per heavy atom. The van der Waals surface area contributed by atoms with Crippen LogP contribution in [0.25, 0.3) is 22.6 Å². The van der Waals surface area contributed by atoms with Crippen molar-refractivity contribution in [1.29, 1.82) is 0 Å². The van der Waals surface area contributed by atoms with E-state index in [0.717, 1.165) is 17.0 Å². The van der Waals surface area contributed by atoms with E-state index in [2.05, 4.69) is 20.3 Å². The number of benzene rings is 2. The van der Waals surface area contributed by atoms with Gasteiger partial charge in [0, 0.05) is 29.8 Å². The number of pyridine rings is 1. The van der Waals surface area contributed by atoms with Gasteiger partial charge in [0.25, 0.3) is 11.8 Å². The third-order valence-corrected chi connectivity index (χ3v) is 6.03. The number of oxazole rings is 1. The fraction of sp³-hybridized carbons (Fsp3) is 0.0385. The van der Waals surface area contributed by atoms with Crippen molar-refractivity contribution in [2.75, 3.05) is 17.3 Å². The molecule has 5 rings (SSSR count). The Morgan fingerprint density at radius 2 is 1.62 bits per heavy atom. The van der Waals surface area contributed by atoms with Gasteiger partial charge in [0.05, 0.1) is 5.69 Å². The number of thiazole rings is 1. The van der Waals surface area contributed by atoms with Crippen LogP contribution in [0.4, 0.5) is 19.9 Å². The second-order valence-electron chi connectivity index (χ2n) is 7.76. The van der Waals surface area contributed by atoms with Crippen LogP contribution < -0.4 is 10.2 Å². The van der Waals surface area contributed by atoms with Crippen LogP contribution >= 0.6 is 11.3 Å². The summed E-state index contributed by atoms with van der Waals surface area (Å²) in [5, 5.41) is 4.72.